The largest absolute Gasteiger partial charge is 0.374 e. The minimum absolute atomic E-state index is 0.101. The number of benzene rings is 1. The van der Waals surface area contributed by atoms with Gasteiger partial charge in [-0.15, -0.1) is 0 Å². The molecule has 1 heterocycles. The summed E-state index contributed by atoms with van der Waals surface area (Å²) in [5.74, 6) is 0.146. The van der Waals surface area contributed by atoms with Crippen molar-refractivity contribution in [2.24, 2.45) is 0 Å². The zero-order chi connectivity index (χ0) is 13.1. The highest BCUT2D eigenvalue weighted by Gasteiger charge is 2.51. The Morgan fingerprint density at radius 1 is 1.37 bits per heavy atom. The highest BCUT2D eigenvalue weighted by molar-refractivity contribution is 5.91. The molecule has 4 nitrogen and oxygen atoms in total. The minimum Gasteiger partial charge on any atom is -0.374 e. The molecule has 0 spiro atoms. The van der Waals surface area contributed by atoms with Gasteiger partial charge in [-0.2, -0.15) is 0 Å². The highest BCUT2D eigenvalue weighted by Crippen LogP contribution is 2.48. The molecule has 1 saturated carbocycles. The standard InChI is InChI=1S/C15H20N2O2/c18-14(17-11-13-10-16-8-9-19-13)15(6-7-15)12-4-2-1-3-5-12/h1-5,13,16H,6-11H2,(H,17,18). The summed E-state index contributed by atoms with van der Waals surface area (Å²) < 4.78 is 5.59. The Morgan fingerprint density at radius 3 is 2.79 bits per heavy atom. The van der Waals surface area contributed by atoms with Crippen molar-refractivity contribution in [3.63, 3.8) is 0 Å². The van der Waals surface area contributed by atoms with Crippen molar-refractivity contribution in [1.29, 1.82) is 0 Å². The van der Waals surface area contributed by atoms with Crippen molar-refractivity contribution in [2.75, 3.05) is 26.2 Å². The molecule has 19 heavy (non-hydrogen) atoms. The molecule has 1 aromatic carbocycles. The van der Waals surface area contributed by atoms with Crippen molar-refractivity contribution in [3.05, 3.63) is 35.9 Å². The van der Waals surface area contributed by atoms with Crippen LogP contribution in [0.15, 0.2) is 30.3 Å². The number of rotatable bonds is 4. The van der Waals surface area contributed by atoms with E-state index in [-0.39, 0.29) is 17.4 Å². The van der Waals surface area contributed by atoms with Gasteiger partial charge in [0.1, 0.15) is 0 Å². The molecular weight excluding hydrogens is 240 g/mol. The fourth-order valence-corrected chi connectivity index (χ4v) is 2.66. The predicted molar refractivity (Wildman–Crippen MR) is 73.0 cm³/mol. The topological polar surface area (TPSA) is 50.4 Å². The van der Waals surface area contributed by atoms with Crippen LogP contribution < -0.4 is 10.6 Å². The van der Waals surface area contributed by atoms with Crippen LogP contribution in [-0.2, 0) is 14.9 Å². The molecule has 0 bridgehead atoms. The van der Waals surface area contributed by atoms with Crippen LogP contribution in [0, 0.1) is 0 Å². The quantitative estimate of drug-likeness (QED) is 0.843. The number of hydrogen-bond acceptors (Lipinski definition) is 3. The number of hydrogen-bond donors (Lipinski definition) is 2. The molecule has 1 atom stereocenters. The lowest BCUT2D eigenvalue weighted by molar-refractivity contribution is -0.124. The lowest BCUT2D eigenvalue weighted by Crippen LogP contribution is -2.47. The van der Waals surface area contributed by atoms with Crippen LogP contribution >= 0.6 is 0 Å². The first-order valence-corrected chi connectivity index (χ1v) is 6.97. The van der Waals surface area contributed by atoms with E-state index in [4.69, 9.17) is 4.74 Å². The molecule has 1 unspecified atom stereocenters. The number of nitrogens with one attached hydrogen (secondary N) is 2. The Kier molecular flexibility index (Phi) is 3.53. The van der Waals surface area contributed by atoms with E-state index in [1.165, 1.54) is 0 Å². The maximum absolute atomic E-state index is 12.4. The first-order chi connectivity index (χ1) is 9.31. The Labute approximate surface area is 113 Å². The molecule has 0 aromatic heterocycles. The molecule has 102 valence electrons. The summed E-state index contributed by atoms with van der Waals surface area (Å²) in [6.45, 7) is 3.04. The number of carbonyl (C=O) groups is 1. The maximum Gasteiger partial charge on any atom is 0.230 e. The molecule has 2 aliphatic rings. The summed E-state index contributed by atoms with van der Waals surface area (Å²) in [5.41, 5.74) is 0.860. The Balaban J connectivity index is 1.58. The number of carbonyl (C=O) groups excluding carboxylic acids is 1. The van der Waals surface area contributed by atoms with Crippen LogP contribution in [0.25, 0.3) is 0 Å². The minimum atomic E-state index is -0.274. The van der Waals surface area contributed by atoms with Crippen molar-refractivity contribution < 1.29 is 9.53 Å². The van der Waals surface area contributed by atoms with Crippen molar-refractivity contribution in [2.45, 2.75) is 24.4 Å². The second-order valence-corrected chi connectivity index (χ2v) is 5.36. The van der Waals surface area contributed by atoms with E-state index in [0.717, 1.165) is 38.1 Å². The predicted octanol–water partition coefficient (Wildman–Crippen LogP) is 0.823. The van der Waals surface area contributed by atoms with E-state index in [1.807, 2.05) is 30.3 Å². The van der Waals surface area contributed by atoms with Crippen LogP contribution in [0.3, 0.4) is 0 Å². The van der Waals surface area contributed by atoms with Gasteiger partial charge in [-0.1, -0.05) is 30.3 Å². The summed E-state index contributed by atoms with van der Waals surface area (Å²) in [7, 11) is 0. The third-order valence-electron chi connectivity index (χ3n) is 4.01. The van der Waals surface area contributed by atoms with Gasteiger partial charge >= 0.3 is 0 Å². The van der Waals surface area contributed by atoms with Crippen LogP contribution in [0.4, 0.5) is 0 Å². The van der Waals surface area contributed by atoms with E-state index in [1.54, 1.807) is 0 Å². The van der Waals surface area contributed by atoms with E-state index in [0.29, 0.717) is 6.54 Å². The summed E-state index contributed by atoms with van der Waals surface area (Å²) in [6.07, 6.45) is 2.00. The molecule has 1 aliphatic heterocycles. The third-order valence-corrected chi connectivity index (χ3v) is 4.01. The normalized spacial score (nSPS) is 24.7. The zero-order valence-corrected chi connectivity index (χ0v) is 11.0. The van der Waals surface area contributed by atoms with Crippen LogP contribution in [0.2, 0.25) is 0 Å². The monoisotopic (exact) mass is 260 g/mol. The molecule has 0 radical (unpaired) electrons. The molecule has 1 amide bonds. The summed E-state index contributed by atoms with van der Waals surface area (Å²) in [5, 5.41) is 6.32. The van der Waals surface area contributed by atoms with Crippen LogP contribution in [0.5, 0.6) is 0 Å². The van der Waals surface area contributed by atoms with Gasteiger partial charge in [-0.05, 0) is 18.4 Å². The third kappa shape index (κ3) is 2.65. The van der Waals surface area contributed by atoms with E-state index in [2.05, 4.69) is 10.6 Å². The lowest BCUT2D eigenvalue weighted by atomic mass is 9.95. The van der Waals surface area contributed by atoms with Gasteiger partial charge in [0.15, 0.2) is 0 Å². The van der Waals surface area contributed by atoms with E-state index >= 15 is 0 Å². The van der Waals surface area contributed by atoms with Gasteiger partial charge in [0.25, 0.3) is 0 Å². The van der Waals surface area contributed by atoms with Crippen molar-refractivity contribution >= 4 is 5.91 Å². The summed E-state index contributed by atoms with van der Waals surface area (Å²) >= 11 is 0. The Bertz CT molecular complexity index is 437. The SMILES string of the molecule is O=C(NCC1CNCCO1)C1(c2ccccc2)CC1. The second kappa shape index (κ2) is 5.31. The van der Waals surface area contributed by atoms with E-state index in [9.17, 15) is 4.79 Å². The fourth-order valence-electron chi connectivity index (χ4n) is 2.66. The molecule has 4 heteroatoms. The van der Waals surface area contributed by atoms with Gasteiger partial charge in [0.05, 0.1) is 18.1 Å². The lowest BCUT2D eigenvalue weighted by Gasteiger charge is -2.25. The smallest absolute Gasteiger partial charge is 0.230 e. The number of morpholine rings is 1. The van der Waals surface area contributed by atoms with Crippen molar-refractivity contribution in [1.82, 2.24) is 10.6 Å². The molecule has 2 N–H and O–H groups in total. The first-order valence-electron chi connectivity index (χ1n) is 6.97. The van der Waals surface area contributed by atoms with Crippen LogP contribution in [0.1, 0.15) is 18.4 Å². The first kappa shape index (κ1) is 12.6. The highest BCUT2D eigenvalue weighted by atomic mass is 16.5. The zero-order valence-electron chi connectivity index (χ0n) is 11.0. The number of amides is 1. The molecule has 1 aliphatic carbocycles. The van der Waals surface area contributed by atoms with Crippen LogP contribution in [-0.4, -0.2) is 38.3 Å². The van der Waals surface area contributed by atoms with Gasteiger partial charge in [-0.25, -0.2) is 0 Å². The van der Waals surface area contributed by atoms with Gasteiger partial charge < -0.3 is 15.4 Å². The van der Waals surface area contributed by atoms with Gasteiger partial charge in [-0.3, -0.25) is 4.79 Å². The maximum atomic E-state index is 12.4. The van der Waals surface area contributed by atoms with Gasteiger partial charge in [0.2, 0.25) is 5.91 Å². The van der Waals surface area contributed by atoms with E-state index < -0.39 is 0 Å². The van der Waals surface area contributed by atoms with Crippen molar-refractivity contribution in [3.8, 4) is 0 Å². The number of ether oxygens (including phenoxy) is 1. The summed E-state index contributed by atoms with van der Waals surface area (Å²) in [6, 6.07) is 10.1. The molecule has 3 rings (SSSR count). The average molecular weight is 260 g/mol. The second-order valence-electron chi connectivity index (χ2n) is 5.36. The molecule has 1 saturated heterocycles. The molecular formula is C15H20N2O2. The molecule has 1 aromatic rings. The average Bonchev–Trinajstić information content (AvgIpc) is 3.28. The Morgan fingerprint density at radius 2 is 2.16 bits per heavy atom. The summed E-state index contributed by atoms with van der Waals surface area (Å²) in [4.78, 5) is 12.4. The Hall–Kier alpha value is -1.39. The van der Waals surface area contributed by atoms with Gasteiger partial charge in [0, 0.05) is 19.6 Å². The molecule has 2 fully saturated rings. The fraction of sp³-hybridized carbons (Fsp3) is 0.533.